The lowest BCUT2D eigenvalue weighted by Gasteiger charge is -2.25. The maximum absolute atomic E-state index is 13.4. The highest BCUT2D eigenvalue weighted by molar-refractivity contribution is 5.99. The third-order valence-electron chi connectivity index (χ3n) is 4.73. The number of rotatable bonds is 4. The molecular weight excluding hydrogens is 345 g/mol. The predicted molar refractivity (Wildman–Crippen MR) is 105 cm³/mol. The summed E-state index contributed by atoms with van der Waals surface area (Å²) in [4.78, 5) is 28.4. The lowest BCUT2D eigenvalue weighted by molar-refractivity contribution is -0.117. The van der Waals surface area contributed by atoms with Gasteiger partial charge in [0.1, 0.15) is 5.82 Å². The van der Waals surface area contributed by atoms with Gasteiger partial charge in [-0.2, -0.15) is 0 Å². The molecule has 0 radical (unpaired) electrons. The van der Waals surface area contributed by atoms with E-state index in [2.05, 4.69) is 5.32 Å². The Labute approximate surface area is 158 Å². The number of benzene rings is 2. The van der Waals surface area contributed by atoms with Crippen LogP contribution in [0.5, 0.6) is 0 Å². The summed E-state index contributed by atoms with van der Waals surface area (Å²) in [5.74, 6) is -0.677. The summed E-state index contributed by atoms with van der Waals surface area (Å²) >= 11 is 0. The molecule has 1 heterocycles. The molecule has 0 aliphatic carbocycles. The Balaban J connectivity index is 1.67. The molecule has 1 N–H and O–H groups in total. The second-order valence-corrected chi connectivity index (χ2v) is 6.51. The smallest absolute Gasteiger partial charge is 0.322 e. The molecule has 0 saturated carbocycles. The maximum Gasteiger partial charge on any atom is 0.322 e. The first-order valence-corrected chi connectivity index (χ1v) is 9.29. The minimum atomic E-state index is -0.399. The summed E-state index contributed by atoms with van der Waals surface area (Å²) in [5, 5.41) is 2.72. The number of carbonyl (C=O) groups is 2. The molecule has 0 aromatic heterocycles. The van der Waals surface area contributed by atoms with Crippen molar-refractivity contribution in [1.29, 1.82) is 0 Å². The van der Waals surface area contributed by atoms with Crippen LogP contribution in [-0.4, -0.2) is 31.6 Å². The second-order valence-electron chi connectivity index (χ2n) is 6.51. The summed E-state index contributed by atoms with van der Waals surface area (Å²) in [6.07, 6.45) is 2.89. The van der Waals surface area contributed by atoms with Gasteiger partial charge in [-0.3, -0.25) is 9.69 Å². The van der Waals surface area contributed by atoms with Gasteiger partial charge in [0.2, 0.25) is 5.91 Å². The SMILES string of the molecule is CCN(C(=O)CNC(=O)N1CCCCc2ccccc21)c1cccc(F)c1. The van der Waals surface area contributed by atoms with Crippen molar-refractivity contribution >= 4 is 23.3 Å². The Morgan fingerprint density at radius 2 is 1.96 bits per heavy atom. The van der Waals surface area contributed by atoms with Crippen molar-refractivity contribution in [2.75, 3.05) is 29.4 Å². The Morgan fingerprint density at radius 1 is 1.15 bits per heavy atom. The third-order valence-corrected chi connectivity index (χ3v) is 4.73. The van der Waals surface area contributed by atoms with E-state index in [1.165, 1.54) is 17.0 Å². The molecule has 0 spiro atoms. The van der Waals surface area contributed by atoms with E-state index in [0.717, 1.165) is 30.5 Å². The van der Waals surface area contributed by atoms with Crippen LogP contribution in [0.25, 0.3) is 0 Å². The first kappa shape index (κ1) is 18.9. The molecule has 0 saturated heterocycles. The lowest BCUT2D eigenvalue weighted by atomic mass is 10.1. The Hall–Kier alpha value is -2.89. The van der Waals surface area contributed by atoms with Crippen LogP contribution < -0.4 is 15.1 Å². The first-order chi connectivity index (χ1) is 13.1. The molecule has 0 fully saturated rings. The van der Waals surface area contributed by atoms with Gasteiger partial charge in [0.25, 0.3) is 0 Å². The van der Waals surface area contributed by atoms with Crippen LogP contribution in [0.2, 0.25) is 0 Å². The molecule has 0 unspecified atom stereocenters. The molecule has 0 atom stereocenters. The van der Waals surface area contributed by atoms with E-state index in [0.29, 0.717) is 18.8 Å². The number of hydrogen-bond donors (Lipinski definition) is 1. The minimum absolute atomic E-state index is 0.137. The highest BCUT2D eigenvalue weighted by atomic mass is 19.1. The van der Waals surface area contributed by atoms with Gasteiger partial charge in [0.05, 0.1) is 6.54 Å². The summed E-state index contributed by atoms with van der Waals surface area (Å²) < 4.78 is 13.4. The number of hydrogen-bond acceptors (Lipinski definition) is 2. The molecule has 5 nitrogen and oxygen atoms in total. The van der Waals surface area contributed by atoms with Gasteiger partial charge in [0.15, 0.2) is 0 Å². The van der Waals surface area contributed by atoms with E-state index in [4.69, 9.17) is 0 Å². The lowest BCUT2D eigenvalue weighted by Crippen LogP contribution is -2.46. The quantitative estimate of drug-likeness (QED) is 0.893. The van der Waals surface area contributed by atoms with Crippen molar-refractivity contribution in [3.05, 3.63) is 59.9 Å². The normalized spacial score (nSPS) is 13.5. The molecule has 6 heteroatoms. The zero-order valence-corrected chi connectivity index (χ0v) is 15.5. The van der Waals surface area contributed by atoms with E-state index in [1.54, 1.807) is 17.0 Å². The highest BCUT2D eigenvalue weighted by Crippen LogP contribution is 2.26. The highest BCUT2D eigenvalue weighted by Gasteiger charge is 2.22. The van der Waals surface area contributed by atoms with Crippen molar-refractivity contribution in [3.8, 4) is 0 Å². The van der Waals surface area contributed by atoms with Crippen LogP contribution >= 0.6 is 0 Å². The molecule has 27 heavy (non-hydrogen) atoms. The van der Waals surface area contributed by atoms with Crippen LogP contribution in [0.4, 0.5) is 20.6 Å². The standard InChI is InChI=1S/C21H24FN3O2/c1-2-24(18-11-7-10-17(22)14-18)20(26)15-23-21(27)25-13-6-5-9-16-8-3-4-12-19(16)25/h3-4,7-8,10-12,14H,2,5-6,9,13,15H2,1H3,(H,23,27). The zero-order chi connectivity index (χ0) is 19.2. The number of nitrogens with zero attached hydrogens (tertiary/aromatic N) is 2. The average Bonchev–Trinajstić information content (AvgIpc) is 2.89. The molecule has 1 aliphatic heterocycles. The van der Waals surface area contributed by atoms with Gasteiger partial charge >= 0.3 is 6.03 Å². The fourth-order valence-corrected chi connectivity index (χ4v) is 3.39. The number of halogens is 1. The summed E-state index contributed by atoms with van der Waals surface area (Å²) in [7, 11) is 0. The zero-order valence-electron chi connectivity index (χ0n) is 15.5. The van der Waals surface area contributed by atoms with Crippen LogP contribution in [0.3, 0.4) is 0 Å². The molecule has 142 valence electrons. The van der Waals surface area contributed by atoms with E-state index >= 15 is 0 Å². The van der Waals surface area contributed by atoms with Crippen molar-refractivity contribution in [3.63, 3.8) is 0 Å². The third kappa shape index (κ3) is 4.45. The van der Waals surface area contributed by atoms with E-state index in [1.807, 2.05) is 31.2 Å². The molecule has 2 aromatic rings. The largest absolute Gasteiger partial charge is 0.329 e. The molecule has 3 rings (SSSR count). The van der Waals surface area contributed by atoms with E-state index in [9.17, 15) is 14.0 Å². The number of amides is 3. The van der Waals surface area contributed by atoms with Crippen molar-refractivity contribution < 1.29 is 14.0 Å². The number of fused-ring (bicyclic) bond motifs is 1. The van der Waals surface area contributed by atoms with Crippen molar-refractivity contribution in [1.82, 2.24) is 5.32 Å². The van der Waals surface area contributed by atoms with Crippen LogP contribution in [0.1, 0.15) is 25.3 Å². The van der Waals surface area contributed by atoms with Gasteiger partial charge in [-0.1, -0.05) is 24.3 Å². The van der Waals surface area contributed by atoms with Gasteiger partial charge in [0, 0.05) is 24.5 Å². The predicted octanol–water partition coefficient (Wildman–Crippen LogP) is 3.73. The number of likely N-dealkylation sites (N-methyl/N-ethyl adjacent to an activating group) is 1. The number of carbonyl (C=O) groups excluding carboxylic acids is 2. The number of urea groups is 1. The Morgan fingerprint density at radius 3 is 2.74 bits per heavy atom. The van der Waals surface area contributed by atoms with Crippen LogP contribution in [-0.2, 0) is 11.2 Å². The average molecular weight is 369 g/mol. The monoisotopic (exact) mass is 369 g/mol. The summed E-state index contributed by atoms with van der Waals surface area (Å²) in [6.45, 7) is 2.70. The minimum Gasteiger partial charge on any atom is -0.329 e. The number of para-hydroxylation sites is 1. The topological polar surface area (TPSA) is 52.7 Å². The van der Waals surface area contributed by atoms with Gasteiger partial charge in [-0.15, -0.1) is 0 Å². The van der Waals surface area contributed by atoms with Gasteiger partial charge < -0.3 is 10.2 Å². The molecule has 3 amide bonds. The van der Waals surface area contributed by atoms with E-state index in [-0.39, 0.29) is 18.5 Å². The second kappa shape index (κ2) is 8.66. The van der Waals surface area contributed by atoms with Crippen LogP contribution in [0.15, 0.2) is 48.5 Å². The molecule has 0 bridgehead atoms. The molecule has 2 aromatic carbocycles. The van der Waals surface area contributed by atoms with E-state index < -0.39 is 5.82 Å². The van der Waals surface area contributed by atoms with Crippen molar-refractivity contribution in [2.24, 2.45) is 0 Å². The first-order valence-electron chi connectivity index (χ1n) is 9.29. The number of nitrogens with one attached hydrogen (secondary N) is 1. The van der Waals surface area contributed by atoms with Gasteiger partial charge in [-0.25, -0.2) is 9.18 Å². The number of anilines is 2. The summed E-state index contributed by atoms with van der Waals surface area (Å²) in [5.41, 5.74) is 2.53. The van der Waals surface area contributed by atoms with Crippen molar-refractivity contribution in [2.45, 2.75) is 26.2 Å². The fourth-order valence-electron chi connectivity index (χ4n) is 3.39. The fraction of sp³-hybridized carbons (Fsp3) is 0.333. The molecular formula is C21H24FN3O2. The van der Waals surface area contributed by atoms with Gasteiger partial charge in [-0.05, 0) is 56.0 Å². The summed E-state index contributed by atoms with van der Waals surface area (Å²) in [6, 6.07) is 13.5. The number of aryl methyl sites for hydroxylation is 1. The Kier molecular flexibility index (Phi) is 6.06. The maximum atomic E-state index is 13.4. The molecule has 1 aliphatic rings. The Bertz CT molecular complexity index is 825. The van der Waals surface area contributed by atoms with Crippen LogP contribution in [0, 0.1) is 5.82 Å².